The van der Waals surface area contributed by atoms with Gasteiger partial charge < -0.3 is 0 Å². The molecule has 0 amide bonds. The minimum absolute atomic E-state index is 0.324. The normalized spacial score (nSPS) is 13.4. The summed E-state index contributed by atoms with van der Waals surface area (Å²) in [4.78, 5) is 0. The van der Waals surface area contributed by atoms with Crippen molar-refractivity contribution in [1.29, 1.82) is 5.26 Å². The first kappa shape index (κ1) is 27.5. The third-order valence-corrected chi connectivity index (χ3v) is 6.39. The summed E-state index contributed by atoms with van der Waals surface area (Å²) < 4.78 is 0. The fourth-order valence-corrected chi connectivity index (χ4v) is 4.28. The molecular formula is C27H53N. The Kier molecular flexibility index (Phi) is 22.4. The van der Waals surface area contributed by atoms with Crippen molar-refractivity contribution in [3.8, 4) is 6.07 Å². The van der Waals surface area contributed by atoms with Gasteiger partial charge in [-0.2, -0.15) is 5.26 Å². The molecule has 0 aliphatic rings. The Morgan fingerprint density at radius 1 is 0.500 bits per heavy atom. The molecule has 0 aliphatic heterocycles. The van der Waals surface area contributed by atoms with Gasteiger partial charge in [0.05, 0.1) is 6.07 Å². The second-order valence-electron chi connectivity index (χ2n) is 9.39. The number of nitriles is 1. The molecule has 0 radical (unpaired) electrons. The summed E-state index contributed by atoms with van der Waals surface area (Å²) in [5, 5.41) is 9.32. The van der Waals surface area contributed by atoms with Gasteiger partial charge in [0.2, 0.25) is 0 Å². The second kappa shape index (κ2) is 22.8. The van der Waals surface area contributed by atoms with Gasteiger partial charge in [0.15, 0.2) is 0 Å². The Morgan fingerprint density at radius 2 is 0.821 bits per heavy atom. The summed E-state index contributed by atoms with van der Waals surface area (Å²) in [7, 11) is 0. The van der Waals surface area contributed by atoms with Gasteiger partial charge in [-0.3, -0.25) is 0 Å². The lowest BCUT2D eigenvalue weighted by atomic mass is 9.94. The molecule has 0 bridgehead atoms. The highest BCUT2D eigenvalue weighted by molar-refractivity contribution is 4.82. The van der Waals surface area contributed by atoms with Crippen LogP contribution >= 0.6 is 0 Å². The highest BCUT2D eigenvalue weighted by atomic mass is 14.3. The summed E-state index contributed by atoms with van der Waals surface area (Å²) in [5.74, 6) is 1.25. The molecule has 0 aromatic heterocycles. The maximum Gasteiger partial charge on any atom is 0.0655 e. The third-order valence-electron chi connectivity index (χ3n) is 6.39. The Morgan fingerprint density at radius 3 is 1.18 bits per heavy atom. The van der Waals surface area contributed by atoms with Crippen LogP contribution in [-0.4, -0.2) is 0 Å². The van der Waals surface area contributed by atoms with E-state index in [9.17, 15) is 5.26 Å². The molecule has 0 saturated carbocycles. The maximum absolute atomic E-state index is 9.32. The molecule has 0 spiro atoms. The van der Waals surface area contributed by atoms with E-state index in [0.717, 1.165) is 18.8 Å². The molecule has 2 atom stereocenters. The third kappa shape index (κ3) is 20.2. The molecule has 166 valence electrons. The van der Waals surface area contributed by atoms with Crippen molar-refractivity contribution < 1.29 is 0 Å². The first-order valence-corrected chi connectivity index (χ1v) is 13.1. The molecule has 1 nitrogen and oxygen atoms in total. The van der Waals surface area contributed by atoms with Crippen LogP contribution in [0.5, 0.6) is 0 Å². The van der Waals surface area contributed by atoms with E-state index in [4.69, 9.17) is 0 Å². The van der Waals surface area contributed by atoms with Crippen molar-refractivity contribution in [3.05, 3.63) is 0 Å². The Balaban J connectivity index is 3.35. The summed E-state index contributed by atoms with van der Waals surface area (Å²) >= 11 is 0. The van der Waals surface area contributed by atoms with Crippen LogP contribution in [0.25, 0.3) is 0 Å². The van der Waals surface area contributed by atoms with Crippen LogP contribution in [0.15, 0.2) is 0 Å². The van der Waals surface area contributed by atoms with Crippen LogP contribution < -0.4 is 0 Å². The number of rotatable bonds is 22. The van der Waals surface area contributed by atoms with E-state index in [1.54, 1.807) is 0 Å². The first-order valence-electron chi connectivity index (χ1n) is 13.1. The van der Waals surface area contributed by atoms with E-state index in [1.807, 2.05) is 0 Å². The monoisotopic (exact) mass is 391 g/mol. The average Bonchev–Trinajstić information content (AvgIpc) is 2.70. The zero-order valence-electron chi connectivity index (χ0n) is 20.0. The van der Waals surface area contributed by atoms with Gasteiger partial charge >= 0.3 is 0 Å². The van der Waals surface area contributed by atoms with Crippen molar-refractivity contribution in [2.75, 3.05) is 0 Å². The van der Waals surface area contributed by atoms with Gasteiger partial charge in [0.1, 0.15) is 0 Å². The molecule has 0 aromatic carbocycles. The van der Waals surface area contributed by atoms with Crippen molar-refractivity contribution in [3.63, 3.8) is 0 Å². The SMILES string of the molecule is CCCCCCCCC(C)CCCCCCCCC(C#N)CCCCCCC. The minimum atomic E-state index is 0.324. The van der Waals surface area contributed by atoms with Crippen molar-refractivity contribution in [1.82, 2.24) is 0 Å². The van der Waals surface area contributed by atoms with Gasteiger partial charge in [-0.25, -0.2) is 0 Å². The number of unbranched alkanes of at least 4 members (excludes halogenated alkanes) is 14. The molecule has 0 N–H and O–H groups in total. The van der Waals surface area contributed by atoms with Crippen molar-refractivity contribution in [2.24, 2.45) is 11.8 Å². The van der Waals surface area contributed by atoms with Crippen LogP contribution in [0.3, 0.4) is 0 Å². The topological polar surface area (TPSA) is 23.8 Å². The van der Waals surface area contributed by atoms with Crippen molar-refractivity contribution >= 4 is 0 Å². The number of hydrogen-bond donors (Lipinski definition) is 0. The second-order valence-corrected chi connectivity index (χ2v) is 9.39. The van der Waals surface area contributed by atoms with Crippen LogP contribution in [0, 0.1) is 23.2 Å². The van der Waals surface area contributed by atoms with Crippen LogP contribution in [-0.2, 0) is 0 Å². The fraction of sp³-hybridized carbons (Fsp3) is 0.963. The zero-order chi connectivity index (χ0) is 20.7. The lowest BCUT2D eigenvalue weighted by Crippen LogP contribution is -1.97. The summed E-state index contributed by atoms with van der Waals surface area (Å²) in [6, 6.07) is 2.55. The highest BCUT2D eigenvalue weighted by Gasteiger charge is 2.07. The fourth-order valence-electron chi connectivity index (χ4n) is 4.28. The molecular weight excluding hydrogens is 338 g/mol. The van der Waals surface area contributed by atoms with Crippen LogP contribution in [0.4, 0.5) is 0 Å². The molecule has 0 aliphatic carbocycles. The quantitative estimate of drug-likeness (QED) is 0.168. The number of nitrogens with zero attached hydrogens (tertiary/aromatic N) is 1. The van der Waals surface area contributed by atoms with Gasteiger partial charge in [0.25, 0.3) is 0 Å². The molecule has 28 heavy (non-hydrogen) atoms. The molecule has 0 heterocycles. The summed E-state index contributed by atoms with van der Waals surface area (Å²) in [6.07, 6.45) is 28.5. The first-order chi connectivity index (χ1) is 13.7. The van der Waals surface area contributed by atoms with E-state index in [1.165, 1.54) is 122 Å². The molecule has 0 fully saturated rings. The molecule has 0 saturated heterocycles. The lowest BCUT2D eigenvalue weighted by Gasteiger charge is -2.11. The summed E-state index contributed by atoms with van der Waals surface area (Å²) in [5.41, 5.74) is 0. The molecule has 2 unspecified atom stereocenters. The van der Waals surface area contributed by atoms with Gasteiger partial charge in [-0.15, -0.1) is 0 Å². The molecule has 1 heteroatoms. The largest absolute Gasteiger partial charge is 0.198 e. The van der Waals surface area contributed by atoms with Gasteiger partial charge in [-0.1, -0.05) is 143 Å². The van der Waals surface area contributed by atoms with E-state index in [-0.39, 0.29) is 0 Å². The van der Waals surface area contributed by atoms with Crippen LogP contribution in [0.2, 0.25) is 0 Å². The van der Waals surface area contributed by atoms with E-state index in [2.05, 4.69) is 26.8 Å². The molecule has 0 aromatic rings. The van der Waals surface area contributed by atoms with E-state index in [0.29, 0.717) is 5.92 Å². The van der Waals surface area contributed by atoms with Crippen LogP contribution in [0.1, 0.15) is 156 Å². The number of hydrogen-bond acceptors (Lipinski definition) is 1. The predicted molar refractivity (Wildman–Crippen MR) is 127 cm³/mol. The van der Waals surface area contributed by atoms with Gasteiger partial charge in [-0.05, 0) is 18.8 Å². The Bertz CT molecular complexity index is 330. The maximum atomic E-state index is 9.32. The minimum Gasteiger partial charge on any atom is -0.198 e. The van der Waals surface area contributed by atoms with Crippen molar-refractivity contribution in [2.45, 2.75) is 156 Å². The Hall–Kier alpha value is -0.510. The smallest absolute Gasteiger partial charge is 0.0655 e. The standard InChI is InChI=1S/C27H53N/c1-4-6-8-10-14-17-21-26(3)22-18-15-11-12-16-20-24-27(25-28)23-19-13-9-7-5-2/h26-27H,4-24H2,1-3H3. The zero-order valence-corrected chi connectivity index (χ0v) is 20.0. The van der Waals surface area contributed by atoms with E-state index < -0.39 is 0 Å². The predicted octanol–water partition coefficient (Wildman–Crippen LogP) is 9.99. The summed E-state index contributed by atoms with van der Waals surface area (Å²) in [6.45, 7) is 7.01. The Labute approximate surface area is 179 Å². The lowest BCUT2D eigenvalue weighted by molar-refractivity contribution is 0.428. The average molecular weight is 392 g/mol. The van der Waals surface area contributed by atoms with E-state index >= 15 is 0 Å². The highest BCUT2D eigenvalue weighted by Crippen LogP contribution is 2.20. The molecule has 0 rings (SSSR count). The van der Waals surface area contributed by atoms with Gasteiger partial charge in [0, 0.05) is 5.92 Å².